The average Bonchev–Trinajstić information content (AvgIpc) is 2.25. The normalized spacial score (nSPS) is 31.9. The fourth-order valence-corrected chi connectivity index (χ4v) is 4.50. The van der Waals surface area contributed by atoms with Gasteiger partial charge in [0.25, 0.3) is 0 Å². The van der Waals surface area contributed by atoms with Crippen LogP contribution in [0.25, 0.3) is 0 Å². The standard InChI is InChI=1S/C10H16O2S2/c1-8(2)5-4-6-10(3)7-9(11)13-14(10)12/h5H,4,6-7H2,1-3H3/t10-,14-/m1/s1. The summed E-state index contributed by atoms with van der Waals surface area (Å²) in [5.74, 6) is 0. The molecule has 0 aliphatic carbocycles. The number of hydrogen-bond donors (Lipinski definition) is 0. The summed E-state index contributed by atoms with van der Waals surface area (Å²) in [6, 6.07) is 0. The van der Waals surface area contributed by atoms with E-state index in [1.807, 2.05) is 20.8 Å². The largest absolute Gasteiger partial charge is 0.286 e. The van der Waals surface area contributed by atoms with Gasteiger partial charge < -0.3 is 0 Å². The molecular weight excluding hydrogens is 216 g/mol. The van der Waals surface area contributed by atoms with Crippen LogP contribution in [0.15, 0.2) is 11.6 Å². The zero-order valence-electron chi connectivity index (χ0n) is 8.83. The van der Waals surface area contributed by atoms with E-state index in [2.05, 4.69) is 6.08 Å². The lowest BCUT2D eigenvalue weighted by Crippen LogP contribution is -2.24. The van der Waals surface area contributed by atoms with Gasteiger partial charge >= 0.3 is 0 Å². The summed E-state index contributed by atoms with van der Waals surface area (Å²) in [6.07, 6.45) is 4.35. The van der Waals surface area contributed by atoms with Crippen LogP contribution in [0.4, 0.5) is 0 Å². The molecule has 0 unspecified atom stereocenters. The second kappa shape index (κ2) is 4.62. The van der Waals surface area contributed by atoms with Crippen molar-refractivity contribution in [3.63, 3.8) is 0 Å². The second-order valence-electron chi connectivity index (χ2n) is 4.14. The third-order valence-corrected chi connectivity index (χ3v) is 6.17. The molecule has 0 amide bonds. The summed E-state index contributed by atoms with van der Waals surface area (Å²) in [4.78, 5) is 11.1. The van der Waals surface area contributed by atoms with Gasteiger partial charge in [0.05, 0.1) is 14.6 Å². The van der Waals surface area contributed by atoms with Gasteiger partial charge in [0.1, 0.15) is 0 Å². The molecule has 4 heteroatoms. The van der Waals surface area contributed by atoms with Gasteiger partial charge in [-0.15, -0.1) is 0 Å². The topological polar surface area (TPSA) is 34.1 Å². The number of carbonyl (C=O) groups is 1. The highest BCUT2D eigenvalue weighted by atomic mass is 33.1. The van der Waals surface area contributed by atoms with Gasteiger partial charge in [-0.25, -0.2) is 4.21 Å². The van der Waals surface area contributed by atoms with E-state index >= 15 is 0 Å². The molecule has 0 radical (unpaired) electrons. The van der Waals surface area contributed by atoms with Crippen LogP contribution in [-0.2, 0) is 14.6 Å². The van der Waals surface area contributed by atoms with Crippen LogP contribution in [0.2, 0.25) is 0 Å². The summed E-state index contributed by atoms with van der Waals surface area (Å²) in [7, 11) is -0.0344. The molecule has 0 N–H and O–H groups in total. The van der Waals surface area contributed by atoms with E-state index in [1.165, 1.54) is 5.57 Å². The summed E-state index contributed by atoms with van der Waals surface area (Å²) >= 11 is 0. The summed E-state index contributed by atoms with van der Waals surface area (Å²) in [6.45, 7) is 6.04. The third kappa shape index (κ3) is 2.95. The van der Waals surface area contributed by atoms with E-state index in [0.717, 1.165) is 23.6 Å². The van der Waals surface area contributed by atoms with Crippen molar-refractivity contribution in [1.82, 2.24) is 0 Å². The number of carbonyl (C=O) groups excluding carboxylic acids is 1. The maximum absolute atomic E-state index is 11.6. The highest BCUT2D eigenvalue weighted by Gasteiger charge is 2.41. The highest BCUT2D eigenvalue weighted by Crippen LogP contribution is 2.40. The molecule has 1 rings (SSSR count). The van der Waals surface area contributed by atoms with Crippen LogP contribution < -0.4 is 0 Å². The first kappa shape index (κ1) is 12.0. The summed E-state index contributed by atoms with van der Waals surface area (Å²) in [5.41, 5.74) is 1.27. The van der Waals surface area contributed by atoms with Crippen molar-refractivity contribution in [2.45, 2.75) is 44.8 Å². The number of allylic oxidation sites excluding steroid dienone is 2. The highest BCUT2D eigenvalue weighted by molar-refractivity contribution is 8.76. The van der Waals surface area contributed by atoms with E-state index < -0.39 is 9.83 Å². The van der Waals surface area contributed by atoms with E-state index in [-0.39, 0.29) is 9.86 Å². The lowest BCUT2D eigenvalue weighted by molar-refractivity contribution is -0.111. The second-order valence-corrected chi connectivity index (χ2v) is 7.62. The predicted molar refractivity (Wildman–Crippen MR) is 62.4 cm³/mol. The average molecular weight is 232 g/mol. The van der Waals surface area contributed by atoms with Gasteiger partial charge in [0.15, 0.2) is 0 Å². The zero-order valence-corrected chi connectivity index (χ0v) is 10.5. The fraction of sp³-hybridized carbons (Fsp3) is 0.700. The Morgan fingerprint density at radius 3 is 2.71 bits per heavy atom. The maximum atomic E-state index is 11.6. The Morgan fingerprint density at radius 2 is 2.29 bits per heavy atom. The molecule has 1 aliphatic rings. The summed E-state index contributed by atoms with van der Waals surface area (Å²) < 4.78 is 11.3. The van der Waals surface area contributed by atoms with Crippen molar-refractivity contribution in [1.29, 1.82) is 0 Å². The monoisotopic (exact) mass is 232 g/mol. The van der Waals surface area contributed by atoms with Crippen LogP contribution in [-0.4, -0.2) is 14.1 Å². The SMILES string of the molecule is CC(C)=CCC[C@]1(C)CC(=O)S[S@]1=O. The Morgan fingerprint density at radius 1 is 1.64 bits per heavy atom. The van der Waals surface area contributed by atoms with Gasteiger partial charge in [0.2, 0.25) is 5.12 Å². The predicted octanol–water partition coefficient (Wildman–Crippen LogP) is 2.82. The number of hydrogen-bond acceptors (Lipinski definition) is 3. The van der Waals surface area contributed by atoms with E-state index in [9.17, 15) is 9.00 Å². The van der Waals surface area contributed by atoms with Gasteiger partial charge in [0, 0.05) is 17.2 Å². The van der Waals surface area contributed by atoms with Crippen molar-refractivity contribution >= 4 is 25.7 Å². The smallest absolute Gasteiger partial charge is 0.203 e. The molecule has 1 aliphatic heterocycles. The first-order valence-corrected chi connectivity index (χ1v) is 7.19. The van der Waals surface area contributed by atoms with Crippen molar-refractivity contribution < 1.29 is 9.00 Å². The molecule has 0 bridgehead atoms. The Labute approximate surface area is 91.4 Å². The van der Waals surface area contributed by atoms with Gasteiger partial charge in [-0.3, -0.25) is 4.79 Å². The Kier molecular flexibility index (Phi) is 3.95. The Balaban J connectivity index is 2.55. The molecule has 0 aromatic carbocycles. The molecule has 0 spiro atoms. The van der Waals surface area contributed by atoms with Crippen LogP contribution in [0.1, 0.15) is 40.0 Å². The lowest BCUT2D eigenvalue weighted by Gasteiger charge is -2.18. The minimum absolute atomic E-state index is 0.0723. The van der Waals surface area contributed by atoms with Gasteiger partial charge in [-0.2, -0.15) is 0 Å². The van der Waals surface area contributed by atoms with Crippen molar-refractivity contribution in [3.8, 4) is 0 Å². The molecule has 0 aromatic heterocycles. The molecule has 0 saturated carbocycles. The third-order valence-electron chi connectivity index (χ3n) is 2.32. The Bertz CT molecular complexity index is 292. The number of rotatable bonds is 3. The quantitative estimate of drug-likeness (QED) is 0.554. The van der Waals surface area contributed by atoms with Gasteiger partial charge in [-0.05, 0) is 33.6 Å². The van der Waals surface area contributed by atoms with E-state index in [4.69, 9.17) is 0 Å². The van der Waals surface area contributed by atoms with Crippen LogP contribution in [0.5, 0.6) is 0 Å². The minimum Gasteiger partial charge on any atom is -0.286 e. The zero-order chi connectivity index (χ0) is 10.8. The van der Waals surface area contributed by atoms with Crippen molar-refractivity contribution in [2.75, 3.05) is 0 Å². The molecule has 2 atom stereocenters. The van der Waals surface area contributed by atoms with Crippen molar-refractivity contribution in [3.05, 3.63) is 11.6 Å². The lowest BCUT2D eigenvalue weighted by atomic mass is 10.0. The fourth-order valence-electron chi connectivity index (χ4n) is 1.42. The molecule has 2 nitrogen and oxygen atoms in total. The van der Waals surface area contributed by atoms with Crippen LogP contribution in [0, 0.1) is 0 Å². The first-order valence-electron chi connectivity index (χ1n) is 4.70. The van der Waals surface area contributed by atoms with Crippen molar-refractivity contribution in [2.24, 2.45) is 0 Å². The van der Waals surface area contributed by atoms with Crippen LogP contribution >= 0.6 is 10.8 Å². The summed E-state index contributed by atoms with van der Waals surface area (Å²) in [5, 5.41) is 0.0723. The van der Waals surface area contributed by atoms with E-state index in [1.54, 1.807) is 0 Å². The maximum Gasteiger partial charge on any atom is 0.203 e. The molecule has 1 saturated heterocycles. The van der Waals surface area contributed by atoms with Gasteiger partial charge in [-0.1, -0.05) is 11.6 Å². The molecule has 1 fully saturated rings. The van der Waals surface area contributed by atoms with E-state index in [0.29, 0.717) is 6.42 Å². The molecule has 14 heavy (non-hydrogen) atoms. The Hall–Kier alpha value is -0.0900. The first-order chi connectivity index (χ1) is 6.44. The molecular formula is C10H16O2S2. The molecule has 80 valence electrons. The molecule has 1 heterocycles. The van der Waals surface area contributed by atoms with Crippen LogP contribution in [0.3, 0.4) is 0 Å². The molecule has 0 aromatic rings. The minimum atomic E-state index is -1.03.